The Kier molecular flexibility index (Phi) is 5.82. The molecule has 0 heterocycles. The van der Waals surface area contributed by atoms with Gasteiger partial charge in [-0.25, -0.2) is 0 Å². The van der Waals surface area contributed by atoms with Gasteiger partial charge >= 0.3 is 0 Å². The zero-order chi connectivity index (χ0) is 14.0. The molecule has 0 spiro atoms. The van der Waals surface area contributed by atoms with Gasteiger partial charge in [-0.2, -0.15) is 0 Å². The van der Waals surface area contributed by atoms with Gasteiger partial charge in [0.05, 0.1) is 16.9 Å². The van der Waals surface area contributed by atoms with Gasteiger partial charge in [0.15, 0.2) is 5.85 Å². The van der Waals surface area contributed by atoms with Crippen LogP contribution < -0.4 is 5.30 Å². The summed E-state index contributed by atoms with van der Waals surface area (Å²) < 4.78 is 15.8. The molecule has 1 N–H and O–H groups in total. The lowest BCUT2D eigenvalue weighted by Gasteiger charge is -2.28. The highest BCUT2D eigenvalue weighted by molar-refractivity contribution is 7.68. The summed E-state index contributed by atoms with van der Waals surface area (Å²) in [6.45, 7) is 1.70. The molecule has 18 heavy (non-hydrogen) atoms. The lowest BCUT2D eigenvalue weighted by atomic mass is 10.4. The second-order valence-electron chi connectivity index (χ2n) is 3.38. The van der Waals surface area contributed by atoms with Crippen molar-refractivity contribution in [3.05, 3.63) is 29.3 Å². The fraction of sp³-hybridized carbons (Fsp3) is 0.400. The minimum absolute atomic E-state index is 0.0836. The monoisotopic (exact) mass is 350 g/mol. The average molecular weight is 352 g/mol. The van der Waals surface area contributed by atoms with Crippen LogP contribution in [0.5, 0.6) is 0 Å². The summed E-state index contributed by atoms with van der Waals surface area (Å²) in [5, 5.41) is 10.3. The minimum Gasteiger partial charge on any atom is -0.379 e. The van der Waals surface area contributed by atoms with Crippen molar-refractivity contribution in [3.63, 3.8) is 0 Å². The summed E-state index contributed by atoms with van der Waals surface area (Å²) in [6, 6.07) is 6.26. The number of hydrogen-bond acceptors (Lipinski definition) is 3. The molecule has 0 aliphatic rings. The second-order valence-corrected chi connectivity index (χ2v) is 8.58. The molecule has 0 aliphatic carbocycles. The van der Waals surface area contributed by atoms with E-state index in [4.69, 9.17) is 50.9 Å². The van der Waals surface area contributed by atoms with Gasteiger partial charge in [0.1, 0.15) is 0 Å². The molecular formula is C10H11Cl4O3P. The van der Waals surface area contributed by atoms with Gasteiger partial charge in [-0.1, -0.05) is 58.5 Å². The number of rotatable bonds is 4. The van der Waals surface area contributed by atoms with Crippen molar-refractivity contribution in [1.82, 2.24) is 0 Å². The van der Waals surface area contributed by atoms with Crippen LogP contribution in [0.3, 0.4) is 0 Å². The zero-order valence-corrected chi connectivity index (χ0v) is 13.2. The normalized spacial score (nSPS) is 17.2. The van der Waals surface area contributed by atoms with Crippen molar-refractivity contribution in [2.45, 2.75) is 16.6 Å². The van der Waals surface area contributed by atoms with E-state index in [1.54, 1.807) is 19.1 Å². The average Bonchev–Trinajstić information content (AvgIpc) is 2.27. The molecule has 0 unspecified atom stereocenters. The maximum atomic E-state index is 12.8. The van der Waals surface area contributed by atoms with E-state index in [0.29, 0.717) is 0 Å². The van der Waals surface area contributed by atoms with Crippen LogP contribution in [0.4, 0.5) is 0 Å². The van der Waals surface area contributed by atoms with Crippen LogP contribution in [0.15, 0.2) is 24.3 Å². The standard InChI is InChI=1S/C10H11Cl4O3P/c1-2-17-18(16,9(15)10(12,13)14)8-6-4-3-5-7(8)11/h3-6,9,15H,2H2,1H3/t9-,18+/m0/s1. The van der Waals surface area contributed by atoms with E-state index in [2.05, 4.69) is 0 Å². The first-order valence-electron chi connectivity index (χ1n) is 4.97. The Hall–Kier alpha value is 0.530. The molecule has 0 bridgehead atoms. The summed E-state index contributed by atoms with van der Waals surface area (Å²) in [7, 11) is -3.79. The van der Waals surface area contributed by atoms with Gasteiger partial charge in [0.2, 0.25) is 3.79 Å². The van der Waals surface area contributed by atoms with Crippen LogP contribution in [-0.2, 0) is 9.09 Å². The molecule has 0 fully saturated rings. The van der Waals surface area contributed by atoms with Crippen LogP contribution in [0.1, 0.15) is 6.92 Å². The fourth-order valence-corrected chi connectivity index (χ4v) is 4.99. The van der Waals surface area contributed by atoms with E-state index in [9.17, 15) is 9.67 Å². The van der Waals surface area contributed by atoms with E-state index < -0.39 is 17.0 Å². The summed E-state index contributed by atoms with van der Waals surface area (Å²) in [5.74, 6) is -1.80. The first-order valence-corrected chi connectivity index (χ1v) is 8.18. The highest BCUT2D eigenvalue weighted by Gasteiger charge is 2.48. The lowest BCUT2D eigenvalue weighted by molar-refractivity contribution is 0.218. The zero-order valence-electron chi connectivity index (χ0n) is 9.32. The molecule has 0 saturated heterocycles. The molecule has 0 saturated carbocycles. The van der Waals surface area contributed by atoms with Gasteiger partial charge in [0, 0.05) is 0 Å². The summed E-state index contributed by atoms with van der Waals surface area (Å²) in [4.78, 5) is 0. The molecule has 102 valence electrons. The van der Waals surface area contributed by atoms with E-state index >= 15 is 0 Å². The molecule has 0 amide bonds. The molecule has 1 aromatic carbocycles. The molecule has 3 nitrogen and oxygen atoms in total. The third kappa shape index (κ3) is 3.55. The van der Waals surface area contributed by atoms with Crippen molar-refractivity contribution < 1.29 is 14.2 Å². The van der Waals surface area contributed by atoms with Crippen LogP contribution in [-0.4, -0.2) is 21.4 Å². The van der Waals surface area contributed by atoms with Crippen LogP contribution in [0, 0.1) is 0 Å². The third-order valence-corrected chi connectivity index (χ3v) is 6.40. The molecule has 0 radical (unpaired) electrons. The maximum absolute atomic E-state index is 12.8. The molecular weight excluding hydrogens is 341 g/mol. The predicted octanol–water partition coefficient (Wildman–Crippen LogP) is 3.97. The fourth-order valence-electron chi connectivity index (χ4n) is 1.36. The Labute approximate surface area is 125 Å². The minimum atomic E-state index is -3.79. The summed E-state index contributed by atoms with van der Waals surface area (Å²) in [5.41, 5.74) is 0. The van der Waals surface area contributed by atoms with Crippen molar-refractivity contribution in [1.29, 1.82) is 0 Å². The SMILES string of the molecule is CCO[P@](=O)(c1ccccc1Cl)[C@H](O)C(Cl)(Cl)Cl. The molecule has 8 heteroatoms. The largest absolute Gasteiger partial charge is 0.379 e. The van der Waals surface area contributed by atoms with Crippen molar-refractivity contribution in [2.24, 2.45) is 0 Å². The highest BCUT2D eigenvalue weighted by atomic mass is 35.6. The quantitative estimate of drug-likeness (QED) is 0.659. The molecule has 1 rings (SSSR count). The van der Waals surface area contributed by atoms with Crippen LogP contribution >= 0.6 is 53.8 Å². The number of benzene rings is 1. The number of aliphatic hydroxyl groups excluding tert-OH is 1. The Morgan fingerprint density at radius 2 is 1.94 bits per heavy atom. The summed E-state index contributed by atoms with van der Waals surface area (Å²) in [6.07, 6.45) is 0. The van der Waals surface area contributed by atoms with Gasteiger partial charge < -0.3 is 9.63 Å². The maximum Gasteiger partial charge on any atom is 0.265 e. The third-order valence-electron chi connectivity index (χ3n) is 2.12. The van der Waals surface area contributed by atoms with Gasteiger partial charge in [0.25, 0.3) is 7.37 Å². The van der Waals surface area contributed by atoms with E-state index in [1.165, 1.54) is 12.1 Å². The van der Waals surface area contributed by atoms with Crippen molar-refractivity contribution >= 4 is 59.1 Å². The van der Waals surface area contributed by atoms with Crippen LogP contribution in [0.2, 0.25) is 5.02 Å². The summed E-state index contributed by atoms with van der Waals surface area (Å²) >= 11 is 22.7. The number of aliphatic hydroxyl groups is 1. The lowest BCUT2D eigenvalue weighted by Crippen LogP contribution is -2.31. The highest BCUT2D eigenvalue weighted by Crippen LogP contribution is 2.58. The van der Waals surface area contributed by atoms with Crippen molar-refractivity contribution in [3.8, 4) is 0 Å². The Morgan fingerprint density at radius 1 is 1.39 bits per heavy atom. The van der Waals surface area contributed by atoms with Gasteiger partial charge in [-0.3, -0.25) is 4.57 Å². The molecule has 2 atom stereocenters. The molecule has 1 aromatic rings. The molecule has 0 aliphatic heterocycles. The second kappa shape index (κ2) is 6.32. The smallest absolute Gasteiger partial charge is 0.265 e. The first kappa shape index (κ1) is 16.6. The number of alkyl halides is 3. The number of hydrogen-bond donors (Lipinski definition) is 1. The Morgan fingerprint density at radius 3 is 2.39 bits per heavy atom. The first-order chi connectivity index (χ1) is 8.23. The predicted molar refractivity (Wildman–Crippen MR) is 76.6 cm³/mol. The number of halogens is 4. The topological polar surface area (TPSA) is 46.5 Å². The molecule has 0 aromatic heterocycles. The van der Waals surface area contributed by atoms with Crippen molar-refractivity contribution in [2.75, 3.05) is 6.61 Å². The van der Waals surface area contributed by atoms with Gasteiger partial charge in [-0.15, -0.1) is 0 Å². The van der Waals surface area contributed by atoms with Gasteiger partial charge in [-0.05, 0) is 19.1 Å². The van der Waals surface area contributed by atoms with Crippen LogP contribution in [0.25, 0.3) is 0 Å². The van der Waals surface area contributed by atoms with E-state index in [0.717, 1.165) is 0 Å². The van der Waals surface area contributed by atoms with E-state index in [1.807, 2.05) is 0 Å². The Balaban J connectivity index is 3.33. The Bertz CT molecular complexity index is 461. The van der Waals surface area contributed by atoms with E-state index in [-0.39, 0.29) is 16.9 Å².